The number of amides is 1. The summed E-state index contributed by atoms with van der Waals surface area (Å²) in [4.78, 5) is 32.1. The van der Waals surface area contributed by atoms with E-state index in [-0.39, 0.29) is 23.8 Å². The zero-order valence-corrected chi connectivity index (χ0v) is 18.0. The monoisotopic (exact) mass is 479 g/mol. The van der Waals surface area contributed by atoms with E-state index in [4.69, 9.17) is 15.6 Å². The number of nitrogens with one attached hydrogen (secondary N) is 2. The molecule has 0 aliphatic heterocycles. The van der Waals surface area contributed by atoms with Crippen molar-refractivity contribution in [2.24, 2.45) is 7.05 Å². The van der Waals surface area contributed by atoms with Gasteiger partial charge in [0.25, 0.3) is 11.7 Å². The van der Waals surface area contributed by atoms with Crippen LogP contribution in [-0.2, 0) is 24.9 Å². The number of nitrogens with zero attached hydrogens (tertiary/aromatic N) is 4. The Morgan fingerprint density at radius 2 is 2.06 bits per heavy atom. The first-order valence-corrected chi connectivity index (χ1v) is 9.80. The maximum Gasteiger partial charge on any atom is 0.573 e. The van der Waals surface area contributed by atoms with Crippen molar-refractivity contribution in [3.63, 3.8) is 0 Å². The number of alkyl halides is 3. The smallest absolute Gasteiger partial charge is 0.554 e. The molecule has 11 nitrogen and oxygen atoms in total. The summed E-state index contributed by atoms with van der Waals surface area (Å²) < 4.78 is 45.4. The Hall–Kier alpha value is -4.36. The summed E-state index contributed by atoms with van der Waals surface area (Å²) in [6, 6.07) is 5.78. The summed E-state index contributed by atoms with van der Waals surface area (Å²) >= 11 is 0. The largest absolute Gasteiger partial charge is 0.573 e. The molecule has 4 aromatic rings. The van der Waals surface area contributed by atoms with E-state index in [0.717, 1.165) is 0 Å². The number of rotatable bonds is 5. The molecule has 4 rings (SSSR count). The summed E-state index contributed by atoms with van der Waals surface area (Å²) in [5, 5.41) is 11.0. The van der Waals surface area contributed by atoms with Gasteiger partial charge < -0.3 is 30.7 Å². The van der Waals surface area contributed by atoms with Gasteiger partial charge in [-0.15, -0.1) is 13.2 Å². The van der Waals surface area contributed by atoms with E-state index in [1.54, 1.807) is 28.4 Å². The first kappa shape index (κ1) is 24.3. The number of hydrogen-bond donors (Lipinski definition) is 3. The molecule has 14 heteroatoms. The molecule has 180 valence electrons. The van der Waals surface area contributed by atoms with Gasteiger partial charge in [0.05, 0.1) is 13.6 Å². The van der Waals surface area contributed by atoms with Crippen LogP contribution in [0, 0.1) is 0 Å². The Morgan fingerprint density at radius 1 is 1.35 bits per heavy atom. The second-order valence-corrected chi connectivity index (χ2v) is 6.87. The summed E-state index contributed by atoms with van der Waals surface area (Å²) in [5.74, 6) is -0.167. The van der Waals surface area contributed by atoms with Crippen LogP contribution in [0.15, 0.2) is 30.5 Å². The SMILES string of the molecule is CCn1c(CNC(=O)c2nc3cc[nH]c3nc2N)[n+](C)c2ccc(OC(F)(F)F)cc21.O=C[O-]. The van der Waals surface area contributed by atoms with Crippen LogP contribution in [-0.4, -0.2) is 38.3 Å². The number of hydrogen-bond acceptors (Lipinski definition) is 7. The van der Waals surface area contributed by atoms with E-state index < -0.39 is 18.7 Å². The summed E-state index contributed by atoms with van der Waals surface area (Å²) in [6.07, 6.45) is -3.14. The lowest BCUT2D eigenvalue weighted by atomic mass is 10.3. The maximum absolute atomic E-state index is 12.7. The third-order valence-corrected chi connectivity index (χ3v) is 4.88. The predicted octanol–water partition coefficient (Wildman–Crippen LogP) is 0.534. The van der Waals surface area contributed by atoms with Gasteiger partial charge in [-0.3, -0.25) is 4.79 Å². The van der Waals surface area contributed by atoms with E-state index in [0.29, 0.717) is 34.6 Å². The van der Waals surface area contributed by atoms with Crippen molar-refractivity contribution in [2.75, 3.05) is 5.73 Å². The minimum atomic E-state index is -4.78. The van der Waals surface area contributed by atoms with Crippen LogP contribution >= 0.6 is 0 Å². The molecule has 0 spiro atoms. The zero-order valence-electron chi connectivity index (χ0n) is 18.0. The van der Waals surface area contributed by atoms with Crippen molar-refractivity contribution in [1.29, 1.82) is 0 Å². The van der Waals surface area contributed by atoms with Gasteiger partial charge in [0, 0.05) is 18.7 Å². The Kier molecular flexibility index (Phi) is 6.89. The van der Waals surface area contributed by atoms with Crippen LogP contribution in [0.1, 0.15) is 23.2 Å². The van der Waals surface area contributed by atoms with Crippen LogP contribution in [0.25, 0.3) is 22.2 Å². The first-order valence-electron chi connectivity index (χ1n) is 9.80. The third-order valence-electron chi connectivity index (χ3n) is 4.88. The average molecular weight is 479 g/mol. The minimum Gasteiger partial charge on any atom is -0.554 e. The van der Waals surface area contributed by atoms with Crippen molar-refractivity contribution in [2.45, 2.75) is 26.4 Å². The van der Waals surface area contributed by atoms with Crippen molar-refractivity contribution < 1.29 is 37.2 Å². The number of fused-ring (bicyclic) bond motifs is 2. The molecule has 0 aliphatic rings. The van der Waals surface area contributed by atoms with Gasteiger partial charge in [0.1, 0.15) is 17.8 Å². The highest BCUT2D eigenvalue weighted by Crippen LogP contribution is 2.26. The number of carboxylic acid groups (broad SMARTS) is 1. The molecule has 1 amide bonds. The normalized spacial score (nSPS) is 11.2. The van der Waals surface area contributed by atoms with Gasteiger partial charge in [0.2, 0.25) is 0 Å². The number of carbonyl (C=O) groups excluding carboxylic acids is 2. The first-order chi connectivity index (χ1) is 16.1. The number of nitrogen functional groups attached to an aromatic ring is 1. The van der Waals surface area contributed by atoms with E-state index in [1.165, 1.54) is 18.2 Å². The second-order valence-electron chi connectivity index (χ2n) is 6.87. The molecule has 0 saturated carbocycles. The fraction of sp³-hybridized carbons (Fsp3) is 0.250. The molecular weight excluding hydrogens is 459 g/mol. The highest BCUT2D eigenvalue weighted by Gasteiger charge is 2.32. The lowest BCUT2D eigenvalue weighted by Crippen LogP contribution is -2.38. The van der Waals surface area contributed by atoms with Crippen LogP contribution in [0.3, 0.4) is 0 Å². The minimum absolute atomic E-state index is 0.00484. The molecule has 0 unspecified atom stereocenters. The summed E-state index contributed by atoms with van der Waals surface area (Å²) in [7, 11) is 1.76. The highest BCUT2D eigenvalue weighted by atomic mass is 19.4. The van der Waals surface area contributed by atoms with Crippen LogP contribution in [0.5, 0.6) is 5.75 Å². The van der Waals surface area contributed by atoms with Gasteiger partial charge in [-0.1, -0.05) is 0 Å². The lowest BCUT2D eigenvalue weighted by Gasteiger charge is -2.08. The van der Waals surface area contributed by atoms with E-state index >= 15 is 0 Å². The van der Waals surface area contributed by atoms with Crippen LogP contribution in [0.4, 0.5) is 19.0 Å². The number of imidazole rings is 1. The van der Waals surface area contributed by atoms with Gasteiger partial charge in [-0.2, -0.15) is 0 Å². The fourth-order valence-electron chi connectivity index (χ4n) is 3.52. The molecule has 3 heterocycles. The molecule has 34 heavy (non-hydrogen) atoms. The quantitative estimate of drug-likeness (QED) is 0.279. The Balaban J connectivity index is 0.00000103. The lowest BCUT2D eigenvalue weighted by molar-refractivity contribution is -0.654. The number of anilines is 1. The van der Waals surface area contributed by atoms with Crippen LogP contribution < -0.4 is 25.5 Å². The molecule has 0 aliphatic carbocycles. The van der Waals surface area contributed by atoms with Gasteiger partial charge in [-0.05, 0) is 25.1 Å². The molecule has 0 radical (unpaired) electrons. The van der Waals surface area contributed by atoms with Gasteiger partial charge in [-0.25, -0.2) is 19.1 Å². The van der Waals surface area contributed by atoms with Gasteiger partial charge >= 0.3 is 6.36 Å². The molecule has 4 N–H and O–H groups in total. The topological polar surface area (TPSA) is 155 Å². The summed E-state index contributed by atoms with van der Waals surface area (Å²) in [6.45, 7) is 1.92. The standard InChI is InChI=1S/C19H18F3N7O2.CH2O2/c1-3-29-13-8-10(31-19(20,21)22)4-5-12(13)28(2)14(29)9-25-18(30)15-16(23)27-17-11(26-15)6-7-24-17;2-1-3/h4-8H,3,9H2,1-2H3,(H3-,23,24,25,26,27,30);1H,(H,2,3). The third kappa shape index (κ3) is 5.00. The number of carbonyl (C=O) groups is 2. The van der Waals surface area contributed by atoms with Gasteiger partial charge in [0.15, 0.2) is 28.2 Å². The number of aromatic nitrogens is 5. The van der Waals surface area contributed by atoms with E-state index in [9.17, 15) is 18.0 Å². The molecule has 0 saturated heterocycles. The molecule has 3 aromatic heterocycles. The average Bonchev–Trinajstić information content (AvgIpc) is 3.32. The highest BCUT2D eigenvalue weighted by molar-refractivity contribution is 5.98. The summed E-state index contributed by atoms with van der Waals surface area (Å²) in [5.41, 5.74) is 8.07. The number of H-pyrrole nitrogens is 1. The molecule has 0 atom stereocenters. The van der Waals surface area contributed by atoms with E-state index in [2.05, 4.69) is 25.0 Å². The number of halogens is 3. The Morgan fingerprint density at radius 3 is 2.71 bits per heavy atom. The molecule has 0 bridgehead atoms. The number of benzene rings is 1. The molecule has 0 fully saturated rings. The zero-order chi connectivity index (χ0) is 25.0. The maximum atomic E-state index is 12.7. The van der Waals surface area contributed by atoms with Crippen molar-refractivity contribution in [3.05, 3.63) is 42.0 Å². The van der Waals surface area contributed by atoms with Crippen LogP contribution in [0.2, 0.25) is 0 Å². The second kappa shape index (κ2) is 9.64. The number of aryl methyl sites for hydroxylation is 2. The number of ether oxygens (including phenoxy) is 1. The number of aromatic amines is 1. The predicted molar refractivity (Wildman–Crippen MR) is 111 cm³/mol. The molecule has 1 aromatic carbocycles. The van der Waals surface area contributed by atoms with Crippen molar-refractivity contribution in [3.8, 4) is 5.75 Å². The fourth-order valence-corrected chi connectivity index (χ4v) is 3.52. The van der Waals surface area contributed by atoms with E-state index in [1.807, 2.05) is 6.92 Å². The number of nitrogens with two attached hydrogens (primary N) is 1. The van der Waals surface area contributed by atoms with Crippen molar-refractivity contribution >= 4 is 40.4 Å². The Labute approximate surface area is 190 Å². The Bertz CT molecular complexity index is 1350. The molecular formula is C20H20F3N7O4. The van der Waals surface area contributed by atoms with Crippen molar-refractivity contribution in [1.82, 2.24) is 24.8 Å².